The second-order valence-electron chi connectivity index (χ2n) is 5.40. The summed E-state index contributed by atoms with van der Waals surface area (Å²) in [5, 5.41) is 0. The fraction of sp³-hybridized carbons (Fsp3) is 0.125. The van der Waals surface area contributed by atoms with Crippen LogP contribution in [0.3, 0.4) is 0 Å². The van der Waals surface area contributed by atoms with Gasteiger partial charge in [-0.25, -0.2) is 8.42 Å². The van der Waals surface area contributed by atoms with E-state index in [1.807, 2.05) is 0 Å². The van der Waals surface area contributed by atoms with E-state index in [-0.39, 0.29) is 21.7 Å². The highest BCUT2D eigenvalue weighted by atomic mass is 32.2. The van der Waals surface area contributed by atoms with Gasteiger partial charge in [-0.05, 0) is 49.2 Å². The van der Waals surface area contributed by atoms with Gasteiger partial charge in [0.2, 0.25) is 11.8 Å². The number of hydrogen-bond donors (Lipinski definition) is 3. The van der Waals surface area contributed by atoms with Crippen molar-refractivity contribution < 1.29 is 18.0 Å². The zero-order chi connectivity index (χ0) is 18.1. The third kappa shape index (κ3) is 3.72. The Hall–Kier alpha value is -2.87. The number of nitrogens with one attached hydrogen (secondary N) is 1. The molecule has 0 aromatic heterocycles. The quantitative estimate of drug-likeness (QED) is 0.752. The molecule has 0 bridgehead atoms. The normalized spacial score (nSPS) is 11.1. The number of nitrogens with two attached hydrogens (primary N) is 2. The molecule has 0 unspecified atom stereocenters. The molecule has 2 amide bonds. The van der Waals surface area contributed by atoms with Gasteiger partial charge in [-0.1, -0.05) is 12.1 Å². The highest BCUT2D eigenvalue weighted by Crippen LogP contribution is 2.22. The van der Waals surface area contributed by atoms with Crippen LogP contribution in [0.4, 0.5) is 5.69 Å². The topological polar surface area (TPSA) is 132 Å². The van der Waals surface area contributed by atoms with Crippen LogP contribution >= 0.6 is 0 Å². The Morgan fingerprint density at radius 2 is 1.46 bits per heavy atom. The molecule has 126 valence electrons. The second kappa shape index (κ2) is 6.32. The van der Waals surface area contributed by atoms with Crippen molar-refractivity contribution in [3.8, 4) is 0 Å². The molecule has 0 aliphatic rings. The lowest BCUT2D eigenvalue weighted by molar-refractivity contribution is 0.0999. The maximum absolute atomic E-state index is 12.6. The van der Waals surface area contributed by atoms with E-state index in [2.05, 4.69) is 4.72 Å². The molecule has 8 heteroatoms. The summed E-state index contributed by atoms with van der Waals surface area (Å²) in [6.07, 6.45) is 0. The molecule has 0 spiro atoms. The number of anilines is 1. The van der Waals surface area contributed by atoms with Gasteiger partial charge in [0.05, 0.1) is 10.6 Å². The van der Waals surface area contributed by atoms with E-state index in [0.29, 0.717) is 5.56 Å². The lowest BCUT2D eigenvalue weighted by atomic mass is 10.1. The van der Waals surface area contributed by atoms with Crippen molar-refractivity contribution in [3.05, 3.63) is 58.7 Å². The molecule has 0 aliphatic carbocycles. The van der Waals surface area contributed by atoms with Gasteiger partial charge >= 0.3 is 0 Å². The SMILES string of the molecule is Cc1ccc(C)c(S(=O)(=O)Nc2cc(C(N)=O)cc(C(N)=O)c2)c1. The Morgan fingerprint density at radius 1 is 0.917 bits per heavy atom. The molecule has 0 atom stereocenters. The Kier molecular flexibility index (Phi) is 4.61. The van der Waals surface area contributed by atoms with Crippen LogP contribution in [-0.4, -0.2) is 20.2 Å². The number of carbonyl (C=O) groups is 2. The summed E-state index contributed by atoms with van der Waals surface area (Å²) in [5.41, 5.74) is 11.7. The fourth-order valence-corrected chi connectivity index (χ4v) is 3.55. The van der Waals surface area contributed by atoms with Crippen molar-refractivity contribution in [2.24, 2.45) is 11.5 Å². The highest BCUT2D eigenvalue weighted by Gasteiger charge is 2.19. The van der Waals surface area contributed by atoms with Crippen molar-refractivity contribution in [2.75, 3.05) is 4.72 Å². The first kappa shape index (κ1) is 17.5. The van der Waals surface area contributed by atoms with Crippen molar-refractivity contribution in [2.45, 2.75) is 18.7 Å². The minimum atomic E-state index is -3.91. The molecule has 0 radical (unpaired) electrons. The number of aryl methyl sites for hydroxylation is 2. The predicted octanol–water partition coefficient (Wildman–Crippen LogP) is 1.30. The standard InChI is InChI=1S/C16H17N3O4S/c1-9-3-4-10(2)14(5-9)24(22,23)19-13-7-11(15(17)20)6-12(8-13)16(18)21/h3-8,19H,1-2H3,(H2,17,20)(H2,18,21). The molecule has 0 saturated carbocycles. The van der Waals surface area contributed by atoms with Crippen molar-refractivity contribution in [1.82, 2.24) is 0 Å². The van der Waals surface area contributed by atoms with E-state index in [4.69, 9.17) is 11.5 Å². The van der Waals surface area contributed by atoms with E-state index < -0.39 is 21.8 Å². The minimum Gasteiger partial charge on any atom is -0.366 e. The largest absolute Gasteiger partial charge is 0.366 e. The summed E-state index contributed by atoms with van der Waals surface area (Å²) in [5.74, 6) is -1.60. The number of hydrogen-bond acceptors (Lipinski definition) is 4. The summed E-state index contributed by atoms with van der Waals surface area (Å²) in [6.45, 7) is 3.44. The Balaban J connectivity index is 2.51. The van der Waals surface area contributed by atoms with Gasteiger partial charge in [-0.2, -0.15) is 0 Å². The lowest BCUT2D eigenvalue weighted by Crippen LogP contribution is -2.19. The van der Waals surface area contributed by atoms with E-state index in [0.717, 1.165) is 5.56 Å². The molecule has 5 N–H and O–H groups in total. The minimum absolute atomic E-state index is 0.0232. The average molecular weight is 347 g/mol. The third-order valence-electron chi connectivity index (χ3n) is 3.39. The van der Waals surface area contributed by atoms with Gasteiger partial charge in [0.1, 0.15) is 0 Å². The number of sulfonamides is 1. The van der Waals surface area contributed by atoms with Crippen LogP contribution in [-0.2, 0) is 10.0 Å². The Bertz CT molecular complexity index is 904. The number of rotatable bonds is 5. The maximum atomic E-state index is 12.6. The number of primary amides is 2. The number of carbonyl (C=O) groups excluding carboxylic acids is 2. The van der Waals surface area contributed by atoms with Crippen molar-refractivity contribution >= 4 is 27.5 Å². The van der Waals surface area contributed by atoms with E-state index in [9.17, 15) is 18.0 Å². The molecule has 2 aromatic rings. The van der Waals surface area contributed by atoms with Crippen molar-refractivity contribution in [3.63, 3.8) is 0 Å². The monoisotopic (exact) mass is 347 g/mol. The second-order valence-corrected chi connectivity index (χ2v) is 7.05. The van der Waals surface area contributed by atoms with Crippen LogP contribution in [0.25, 0.3) is 0 Å². The molecule has 24 heavy (non-hydrogen) atoms. The highest BCUT2D eigenvalue weighted by molar-refractivity contribution is 7.92. The fourth-order valence-electron chi connectivity index (χ4n) is 2.18. The smallest absolute Gasteiger partial charge is 0.262 e. The van der Waals surface area contributed by atoms with Crippen molar-refractivity contribution in [1.29, 1.82) is 0 Å². The zero-order valence-corrected chi connectivity index (χ0v) is 14.0. The van der Waals surface area contributed by atoms with Crippen LogP contribution in [0.1, 0.15) is 31.8 Å². The molecule has 0 heterocycles. The van der Waals surface area contributed by atoms with Crippen LogP contribution < -0.4 is 16.2 Å². The van der Waals surface area contributed by atoms with Gasteiger partial charge < -0.3 is 11.5 Å². The first-order valence-electron chi connectivity index (χ1n) is 6.95. The third-order valence-corrected chi connectivity index (χ3v) is 4.91. The predicted molar refractivity (Wildman–Crippen MR) is 90.2 cm³/mol. The van der Waals surface area contributed by atoms with E-state index in [1.165, 1.54) is 24.3 Å². The average Bonchev–Trinajstić information content (AvgIpc) is 2.48. The van der Waals surface area contributed by atoms with Gasteiger partial charge in [0.15, 0.2) is 0 Å². The van der Waals surface area contributed by atoms with Crippen LogP contribution in [0, 0.1) is 13.8 Å². The Morgan fingerprint density at radius 3 is 1.96 bits per heavy atom. The molecule has 7 nitrogen and oxygen atoms in total. The summed E-state index contributed by atoms with van der Waals surface area (Å²) in [4.78, 5) is 22.8. The van der Waals surface area contributed by atoms with E-state index in [1.54, 1.807) is 26.0 Å². The van der Waals surface area contributed by atoms with Gasteiger partial charge in [-0.15, -0.1) is 0 Å². The lowest BCUT2D eigenvalue weighted by Gasteiger charge is -2.12. The first-order chi connectivity index (χ1) is 11.1. The van der Waals surface area contributed by atoms with Gasteiger partial charge in [0, 0.05) is 11.1 Å². The molecule has 2 aromatic carbocycles. The van der Waals surface area contributed by atoms with Gasteiger partial charge in [0.25, 0.3) is 10.0 Å². The Labute approximate surface area is 139 Å². The molecule has 0 saturated heterocycles. The molecular formula is C16H17N3O4S. The van der Waals surface area contributed by atoms with Crippen LogP contribution in [0.15, 0.2) is 41.3 Å². The molecule has 0 fully saturated rings. The van der Waals surface area contributed by atoms with E-state index >= 15 is 0 Å². The summed E-state index contributed by atoms with van der Waals surface area (Å²) in [7, 11) is -3.91. The number of amides is 2. The molecular weight excluding hydrogens is 330 g/mol. The van der Waals surface area contributed by atoms with Crippen LogP contribution in [0.5, 0.6) is 0 Å². The van der Waals surface area contributed by atoms with Gasteiger partial charge in [-0.3, -0.25) is 14.3 Å². The van der Waals surface area contributed by atoms with Crippen LogP contribution in [0.2, 0.25) is 0 Å². The zero-order valence-electron chi connectivity index (χ0n) is 13.2. The summed E-state index contributed by atoms with van der Waals surface area (Å²) < 4.78 is 27.5. The first-order valence-corrected chi connectivity index (χ1v) is 8.43. The molecule has 2 rings (SSSR count). The summed E-state index contributed by atoms with van der Waals surface area (Å²) >= 11 is 0. The number of benzene rings is 2. The summed E-state index contributed by atoms with van der Waals surface area (Å²) in [6, 6.07) is 8.73. The molecule has 0 aliphatic heterocycles. The maximum Gasteiger partial charge on any atom is 0.262 e.